The van der Waals surface area contributed by atoms with Gasteiger partial charge in [-0.25, -0.2) is 4.68 Å². The molecule has 0 bridgehead atoms. The van der Waals surface area contributed by atoms with Crippen molar-refractivity contribution < 1.29 is 4.74 Å². The fourth-order valence-electron chi connectivity index (χ4n) is 3.42. The molecule has 0 unspecified atom stereocenters. The SMILES string of the molecule is N#CN1CCC[C@@H](n2nc(-c3ccc(Oc4ccc(Cl)cc4)cc3)cc2N)C1. The Hall–Kier alpha value is -3.17. The smallest absolute Gasteiger partial charge is 0.179 e. The predicted molar refractivity (Wildman–Crippen MR) is 109 cm³/mol. The molecule has 1 saturated heterocycles. The van der Waals surface area contributed by atoms with E-state index in [1.54, 1.807) is 17.0 Å². The normalized spacial score (nSPS) is 16.6. The van der Waals surface area contributed by atoms with Crippen LogP contribution < -0.4 is 10.5 Å². The molecule has 2 N–H and O–H groups in total. The Kier molecular flexibility index (Phi) is 5.09. The van der Waals surface area contributed by atoms with Crippen molar-refractivity contribution in [1.29, 1.82) is 5.26 Å². The third-order valence-electron chi connectivity index (χ3n) is 4.85. The average molecular weight is 394 g/mol. The number of rotatable bonds is 4. The Morgan fingerprint density at radius 2 is 1.79 bits per heavy atom. The zero-order valence-corrected chi connectivity index (χ0v) is 16.0. The van der Waals surface area contributed by atoms with Crippen LogP contribution in [-0.4, -0.2) is 27.8 Å². The molecule has 1 atom stereocenters. The first kappa shape index (κ1) is 18.2. The van der Waals surface area contributed by atoms with Crippen LogP contribution in [0.15, 0.2) is 54.6 Å². The second-order valence-corrected chi connectivity index (χ2v) is 7.26. The van der Waals surface area contributed by atoms with Gasteiger partial charge in [0.05, 0.1) is 18.3 Å². The standard InChI is InChI=1S/C21H20ClN5O/c22-16-5-9-19(10-6-16)28-18-7-3-15(4-8-18)20-12-21(24)27(25-20)17-2-1-11-26(13-17)14-23/h3-10,12,17H,1-2,11,13,24H2/t17-/m1/s1. The van der Waals surface area contributed by atoms with Crippen molar-refractivity contribution in [2.24, 2.45) is 0 Å². The van der Waals surface area contributed by atoms with E-state index in [1.807, 2.05) is 47.1 Å². The molecule has 0 radical (unpaired) electrons. The zero-order chi connectivity index (χ0) is 19.5. The number of hydrogen-bond donors (Lipinski definition) is 1. The number of aromatic nitrogens is 2. The van der Waals surface area contributed by atoms with Crippen molar-refractivity contribution in [3.05, 3.63) is 59.6 Å². The van der Waals surface area contributed by atoms with E-state index in [0.29, 0.717) is 17.4 Å². The molecule has 6 nitrogen and oxygen atoms in total. The lowest BCUT2D eigenvalue weighted by atomic mass is 10.1. The number of nitriles is 1. The van der Waals surface area contributed by atoms with Crippen molar-refractivity contribution in [3.63, 3.8) is 0 Å². The maximum Gasteiger partial charge on any atom is 0.179 e. The molecule has 0 spiro atoms. The van der Waals surface area contributed by atoms with Gasteiger partial charge in [0.25, 0.3) is 0 Å². The molecular formula is C21H20ClN5O. The minimum absolute atomic E-state index is 0.120. The summed E-state index contributed by atoms with van der Waals surface area (Å²) in [5.41, 5.74) is 7.97. The van der Waals surface area contributed by atoms with Crippen LogP contribution >= 0.6 is 11.6 Å². The van der Waals surface area contributed by atoms with Gasteiger partial charge in [-0.15, -0.1) is 0 Å². The van der Waals surface area contributed by atoms with Crippen molar-refractivity contribution in [2.75, 3.05) is 18.8 Å². The maximum atomic E-state index is 9.15. The topological polar surface area (TPSA) is 80.1 Å². The molecular weight excluding hydrogens is 374 g/mol. The van der Waals surface area contributed by atoms with Gasteiger partial charge in [-0.3, -0.25) is 0 Å². The number of likely N-dealkylation sites (tertiary alicyclic amines) is 1. The summed E-state index contributed by atoms with van der Waals surface area (Å²) in [4.78, 5) is 1.76. The Morgan fingerprint density at radius 1 is 1.11 bits per heavy atom. The molecule has 7 heteroatoms. The summed E-state index contributed by atoms with van der Waals surface area (Å²) in [7, 11) is 0. The minimum Gasteiger partial charge on any atom is -0.457 e. The van der Waals surface area contributed by atoms with Gasteiger partial charge in [-0.2, -0.15) is 10.4 Å². The first-order valence-corrected chi connectivity index (χ1v) is 9.54. The van der Waals surface area contributed by atoms with E-state index in [4.69, 9.17) is 32.4 Å². The molecule has 28 heavy (non-hydrogen) atoms. The van der Waals surface area contributed by atoms with Gasteiger partial charge in [0, 0.05) is 23.2 Å². The predicted octanol–water partition coefficient (Wildman–Crippen LogP) is 4.70. The van der Waals surface area contributed by atoms with Gasteiger partial charge >= 0.3 is 0 Å². The van der Waals surface area contributed by atoms with Crippen molar-refractivity contribution in [1.82, 2.24) is 14.7 Å². The Morgan fingerprint density at radius 3 is 2.46 bits per heavy atom. The molecule has 4 rings (SSSR count). The Bertz CT molecular complexity index is 991. The first-order chi connectivity index (χ1) is 13.6. The van der Waals surface area contributed by atoms with Crippen LogP contribution in [0.3, 0.4) is 0 Å². The van der Waals surface area contributed by atoms with Crippen LogP contribution in [0.4, 0.5) is 5.82 Å². The lowest BCUT2D eigenvalue weighted by Crippen LogP contribution is -2.34. The zero-order valence-electron chi connectivity index (χ0n) is 15.3. The number of piperidine rings is 1. The number of ether oxygens (including phenoxy) is 1. The summed E-state index contributed by atoms with van der Waals surface area (Å²) in [5.74, 6) is 2.07. The number of nitrogens with zero attached hydrogens (tertiary/aromatic N) is 4. The quantitative estimate of drug-likeness (QED) is 0.650. The molecule has 3 aromatic rings. The Balaban J connectivity index is 1.50. The molecule has 2 heterocycles. The lowest BCUT2D eigenvalue weighted by Gasteiger charge is -2.29. The summed E-state index contributed by atoms with van der Waals surface area (Å²) in [6.45, 7) is 1.45. The first-order valence-electron chi connectivity index (χ1n) is 9.16. The maximum absolute atomic E-state index is 9.15. The third-order valence-corrected chi connectivity index (χ3v) is 5.10. The fourth-order valence-corrected chi connectivity index (χ4v) is 3.55. The van der Waals surface area contributed by atoms with Gasteiger partial charge in [0.2, 0.25) is 0 Å². The van der Waals surface area contributed by atoms with E-state index in [2.05, 4.69) is 6.19 Å². The van der Waals surface area contributed by atoms with Crippen molar-refractivity contribution in [3.8, 4) is 28.9 Å². The van der Waals surface area contributed by atoms with Gasteiger partial charge in [0.15, 0.2) is 6.19 Å². The highest BCUT2D eigenvalue weighted by atomic mass is 35.5. The van der Waals surface area contributed by atoms with Crippen LogP contribution in [0.1, 0.15) is 18.9 Å². The molecule has 0 amide bonds. The minimum atomic E-state index is 0.120. The highest BCUT2D eigenvalue weighted by Gasteiger charge is 2.23. The van der Waals surface area contributed by atoms with Gasteiger partial charge < -0.3 is 15.4 Å². The fraction of sp³-hybridized carbons (Fsp3) is 0.238. The summed E-state index contributed by atoms with van der Waals surface area (Å²) in [6.07, 6.45) is 4.15. The third kappa shape index (κ3) is 3.90. The largest absolute Gasteiger partial charge is 0.457 e. The van der Waals surface area contributed by atoms with Crippen LogP contribution in [0.25, 0.3) is 11.3 Å². The molecule has 1 aliphatic rings. The van der Waals surface area contributed by atoms with Gasteiger partial charge in [-0.1, -0.05) is 11.6 Å². The molecule has 1 aromatic heterocycles. The van der Waals surface area contributed by atoms with Gasteiger partial charge in [-0.05, 0) is 61.4 Å². The molecule has 1 fully saturated rings. The van der Waals surface area contributed by atoms with Crippen LogP contribution in [-0.2, 0) is 0 Å². The van der Waals surface area contributed by atoms with Crippen molar-refractivity contribution >= 4 is 17.4 Å². The van der Waals surface area contributed by atoms with Gasteiger partial charge in [0.1, 0.15) is 17.3 Å². The number of halogens is 1. The number of hydrogen-bond acceptors (Lipinski definition) is 5. The molecule has 1 aliphatic heterocycles. The number of benzene rings is 2. The molecule has 0 aliphatic carbocycles. The van der Waals surface area contributed by atoms with Crippen LogP contribution in [0, 0.1) is 11.5 Å². The monoisotopic (exact) mass is 393 g/mol. The van der Waals surface area contributed by atoms with E-state index in [1.165, 1.54) is 0 Å². The van der Waals surface area contributed by atoms with E-state index in [0.717, 1.165) is 42.1 Å². The summed E-state index contributed by atoms with van der Waals surface area (Å²) >= 11 is 5.90. The second kappa shape index (κ2) is 7.83. The molecule has 142 valence electrons. The van der Waals surface area contributed by atoms with E-state index in [9.17, 15) is 0 Å². The molecule has 2 aromatic carbocycles. The lowest BCUT2D eigenvalue weighted by molar-refractivity contribution is 0.235. The number of nitrogens with two attached hydrogens (primary N) is 1. The highest BCUT2D eigenvalue weighted by Crippen LogP contribution is 2.29. The summed E-state index contributed by atoms with van der Waals surface area (Å²) in [6, 6.07) is 16.9. The number of nitrogen functional groups attached to an aromatic ring is 1. The van der Waals surface area contributed by atoms with E-state index < -0.39 is 0 Å². The average Bonchev–Trinajstić information content (AvgIpc) is 3.12. The van der Waals surface area contributed by atoms with Crippen LogP contribution in [0.5, 0.6) is 11.5 Å². The van der Waals surface area contributed by atoms with E-state index >= 15 is 0 Å². The second-order valence-electron chi connectivity index (χ2n) is 6.82. The van der Waals surface area contributed by atoms with Crippen molar-refractivity contribution in [2.45, 2.75) is 18.9 Å². The number of anilines is 1. The summed E-state index contributed by atoms with van der Waals surface area (Å²) in [5, 5.41) is 14.5. The van der Waals surface area contributed by atoms with E-state index in [-0.39, 0.29) is 6.04 Å². The molecule has 0 saturated carbocycles. The summed E-state index contributed by atoms with van der Waals surface area (Å²) < 4.78 is 7.67. The van der Waals surface area contributed by atoms with Crippen LogP contribution in [0.2, 0.25) is 5.02 Å². The highest BCUT2D eigenvalue weighted by molar-refractivity contribution is 6.30. The Labute approximate surface area is 168 Å².